The normalized spacial score (nSPS) is 31.8. The molecule has 0 radical (unpaired) electrons. The van der Waals surface area contributed by atoms with Gasteiger partial charge in [0, 0.05) is 33.0 Å². The number of aryl methyl sites for hydroxylation is 1. The number of rotatable bonds is 2. The van der Waals surface area contributed by atoms with E-state index in [0.29, 0.717) is 6.42 Å². The smallest absolute Gasteiger partial charge is 0.140 e. The molecule has 0 bridgehead atoms. The molecule has 0 saturated heterocycles. The maximum atomic E-state index is 10.6. The molecule has 2 atom stereocenters. The average Bonchev–Trinajstić information content (AvgIpc) is 2.65. The lowest BCUT2D eigenvalue weighted by Gasteiger charge is -2.35. The molecule has 1 fully saturated rings. The lowest BCUT2D eigenvalue weighted by Crippen LogP contribution is -2.37. The number of imidazole rings is 1. The number of ether oxygens (including phenoxy) is 1. The second kappa shape index (κ2) is 3.94. The molecule has 1 aliphatic rings. The number of aromatic nitrogens is 2. The predicted octanol–water partition coefficient (Wildman–Crippen LogP) is 1.20. The first-order chi connectivity index (χ1) is 7.15. The van der Waals surface area contributed by atoms with Crippen LogP contribution in [0.5, 0.6) is 0 Å². The summed E-state index contributed by atoms with van der Waals surface area (Å²) in [6.07, 6.45) is 7.19. The Hall–Kier alpha value is -0.870. The van der Waals surface area contributed by atoms with Crippen LogP contribution in [-0.2, 0) is 17.4 Å². The van der Waals surface area contributed by atoms with Crippen LogP contribution in [-0.4, -0.2) is 27.9 Å². The zero-order valence-corrected chi connectivity index (χ0v) is 9.31. The maximum Gasteiger partial charge on any atom is 0.140 e. The predicted molar refractivity (Wildman–Crippen MR) is 56.4 cm³/mol. The van der Waals surface area contributed by atoms with E-state index in [2.05, 4.69) is 4.98 Å². The number of hydrogen-bond donors (Lipinski definition) is 1. The van der Waals surface area contributed by atoms with Gasteiger partial charge in [-0.15, -0.1) is 0 Å². The summed E-state index contributed by atoms with van der Waals surface area (Å²) in [5.41, 5.74) is -0.808. The van der Waals surface area contributed by atoms with Gasteiger partial charge in [0.05, 0.1) is 6.10 Å². The van der Waals surface area contributed by atoms with Crippen molar-refractivity contribution in [1.29, 1.82) is 0 Å². The van der Waals surface area contributed by atoms with Crippen molar-refractivity contribution >= 4 is 0 Å². The Morgan fingerprint density at radius 2 is 2.47 bits per heavy atom. The third-order valence-corrected chi connectivity index (χ3v) is 3.25. The molecule has 1 N–H and O–H groups in total. The van der Waals surface area contributed by atoms with E-state index < -0.39 is 5.60 Å². The van der Waals surface area contributed by atoms with Crippen molar-refractivity contribution in [3.63, 3.8) is 0 Å². The molecule has 84 valence electrons. The van der Waals surface area contributed by atoms with Gasteiger partial charge in [-0.2, -0.15) is 0 Å². The lowest BCUT2D eigenvalue weighted by atomic mass is 9.82. The first-order valence-electron chi connectivity index (χ1n) is 5.39. The fraction of sp³-hybridized carbons (Fsp3) is 0.727. The molecule has 1 aromatic rings. The van der Waals surface area contributed by atoms with Gasteiger partial charge < -0.3 is 14.4 Å². The molecule has 4 heteroatoms. The van der Waals surface area contributed by atoms with Gasteiger partial charge in [-0.3, -0.25) is 0 Å². The van der Waals surface area contributed by atoms with Crippen molar-refractivity contribution in [2.24, 2.45) is 7.05 Å². The van der Waals surface area contributed by atoms with Crippen molar-refractivity contribution in [3.8, 4) is 0 Å². The van der Waals surface area contributed by atoms with E-state index in [1.807, 2.05) is 17.8 Å². The molecule has 0 aliphatic heterocycles. The summed E-state index contributed by atoms with van der Waals surface area (Å²) in [5, 5.41) is 10.6. The van der Waals surface area contributed by atoms with Crippen LogP contribution in [0, 0.1) is 0 Å². The largest absolute Gasteiger partial charge is 0.382 e. The van der Waals surface area contributed by atoms with Gasteiger partial charge in [0.1, 0.15) is 11.4 Å². The summed E-state index contributed by atoms with van der Waals surface area (Å²) >= 11 is 0. The SMILES string of the molecule is COC1CCCC(O)(c2nccn2C)C1. The van der Waals surface area contributed by atoms with Gasteiger partial charge in [0.2, 0.25) is 0 Å². The number of aliphatic hydroxyl groups is 1. The minimum atomic E-state index is -0.808. The lowest BCUT2D eigenvalue weighted by molar-refractivity contribution is -0.0698. The Kier molecular flexibility index (Phi) is 2.80. The van der Waals surface area contributed by atoms with E-state index in [9.17, 15) is 5.11 Å². The molecule has 4 nitrogen and oxygen atoms in total. The molecule has 1 aromatic heterocycles. The Balaban J connectivity index is 2.22. The zero-order valence-electron chi connectivity index (χ0n) is 9.31. The molecule has 1 saturated carbocycles. The molecule has 15 heavy (non-hydrogen) atoms. The molecule has 2 rings (SSSR count). The molecule has 1 aliphatic carbocycles. The standard InChI is InChI=1S/C11H18N2O2/c1-13-7-6-12-10(13)11(14)5-3-4-9(8-11)15-2/h6-7,9,14H,3-5,8H2,1-2H3. The summed E-state index contributed by atoms with van der Waals surface area (Å²) in [7, 11) is 3.62. The Labute approximate surface area is 89.9 Å². The first kappa shape index (κ1) is 10.6. The van der Waals surface area contributed by atoms with Gasteiger partial charge in [0.25, 0.3) is 0 Å². The summed E-state index contributed by atoms with van der Waals surface area (Å²) in [6.45, 7) is 0. The van der Waals surface area contributed by atoms with Crippen molar-refractivity contribution in [2.75, 3.05) is 7.11 Å². The molecule has 0 spiro atoms. The number of hydrogen-bond acceptors (Lipinski definition) is 3. The van der Waals surface area contributed by atoms with Crippen LogP contribution in [0.25, 0.3) is 0 Å². The Morgan fingerprint density at radius 3 is 3.07 bits per heavy atom. The van der Waals surface area contributed by atoms with Crippen LogP contribution < -0.4 is 0 Å². The average molecular weight is 210 g/mol. The van der Waals surface area contributed by atoms with E-state index in [4.69, 9.17) is 4.74 Å². The molecule has 2 unspecified atom stereocenters. The molecular weight excluding hydrogens is 192 g/mol. The van der Waals surface area contributed by atoms with Gasteiger partial charge in [-0.25, -0.2) is 4.98 Å². The molecule has 1 heterocycles. The zero-order chi connectivity index (χ0) is 10.9. The number of nitrogens with zero attached hydrogens (tertiary/aromatic N) is 2. The molecular formula is C11H18N2O2. The van der Waals surface area contributed by atoms with Crippen LogP contribution in [0.1, 0.15) is 31.5 Å². The highest BCUT2D eigenvalue weighted by Crippen LogP contribution is 2.36. The van der Waals surface area contributed by atoms with Crippen molar-refractivity contribution in [3.05, 3.63) is 18.2 Å². The van der Waals surface area contributed by atoms with Crippen LogP contribution in [0.2, 0.25) is 0 Å². The topological polar surface area (TPSA) is 47.3 Å². The fourth-order valence-electron chi connectivity index (χ4n) is 2.42. The van der Waals surface area contributed by atoms with E-state index >= 15 is 0 Å². The van der Waals surface area contributed by atoms with Crippen LogP contribution in [0.4, 0.5) is 0 Å². The van der Waals surface area contributed by atoms with E-state index in [-0.39, 0.29) is 6.10 Å². The highest BCUT2D eigenvalue weighted by atomic mass is 16.5. The van der Waals surface area contributed by atoms with Crippen LogP contribution in [0.3, 0.4) is 0 Å². The second-order valence-corrected chi connectivity index (χ2v) is 4.35. The van der Waals surface area contributed by atoms with Gasteiger partial charge in [-0.05, 0) is 19.3 Å². The monoisotopic (exact) mass is 210 g/mol. The fourth-order valence-corrected chi connectivity index (χ4v) is 2.42. The summed E-state index contributed by atoms with van der Waals surface area (Å²) in [4.78, 5) is 4.24. The van der Waals surface area contributed by atoms with Crippen molar-refractivity contribution in [2.45, 2.75) is 37.4 Å². The first-order valence-corrected chi connectivity index (χ1v) is 5.39. The van der Waals surface area contributed by atoms with Gasteiger partial charge in [0.15, 0.2) is 0 Å². The third kappa shape index (κ3) is 1.92. The summed E-state index contributed by atoms with van der Waals surface area (Å²) in [5.74, 6) is 0.754. The quantitative estimate of drug-likeness (QED) is 0.797. The molecule has 0 amide bonds. The van der Waals surface area contributed by atoms with Crippen molar-refractivity contribution in [1.82, 2.24) is 9.55 Å². The summed E-state index contributed by atoms with van der Waals surface area (Å²) < 4.78 is 7.21. The Morgan fingerprint density at radius 1 is 1.67 bits per heavy atom. The van der Waals surface area contributed by atoms with Gasteiger partial charge in [-0.1, -0.05) is 0 Å². The highest BCUT2D eigenvalue weighted by molar-refractivity contribution is 5.06. The molecule has 0 aromatic carbocycles. The minimum absolute atomic E-state index is 0.153. The van der Waals surface area contributed by atoms with Crippen molar-refractivity contribution < 1.29 is 9.84 Å². The third-order valence-electron chi connectivity index (χ3n) is 3.25. The summed E-state index contributed by atoms with van der Waals surface area (Å²) in [6, 6.07) is 0. The van der Waals surface area contributed by atoms with Crippen LogP contribution >= 0.6 is 0 Å². The maximum absolute atomic E-state index is 10.6. The van der Waals surface area contributed by atoms with E-state index in [0.717, 1.165) is 25.1 Å². The van der Waals surface area contributed by atoms with E-state index in [1.165, 1.54) is 0 Å². The van der Waals surface area contributed by atoms with Crippen LogP contribution in [0.15, 0.2) is 12.4 Å². The Bertz CT molecular complexity index is 337. The number of methoxy groups -OCH3 is 1. The highest BCUT2D eigenvalue weighted by Gasteiger charge is 2.38. The second-order valence-electron chi connectivity index (χ2n) is 4.35. The van der Waals surface area contributed by atoms with E-state index in [1.54, 1.807) is 13.3 Å². The van der Waals surface area contributed by atoms with Gasteiger partial charge >= 0.3 is 0 Å². The minimum Gasteiger partial charge on any atom is -0.382 e.